The summed E-state index contributed by atoms with van der Waals surface area (Å²) >= 11 is 0. The van der Waals surface area contributed by atoms with Crippen LogP contribution in [0, 0.1) is 0 Å². The van der Waals surface area contributed by atoms with E-state index in [1.54, 1.807) is 7.11 Å². The van der Waals surface area contributed by atoms with Crippen molar-refractivity contribution in [3.63, 3.8) is 0 Å². The van der Waals surface area contributed by atoms with Gasteiger partial charge in [-0.1, -0.05) is 24.3 Å². The summed E-state index contributed by atoms with van der Waals surface area (Å²) in [7, 11) is 1.59. The Hall–Kier alpha value is -2.69. The predicted molar refractivity (Wildman–Crippen MR) is 101 cm³/mol. The van der Waals surface area contributed by atoms with Crippen molar-refractivity contribution in [2.75, 3.05) is 30.4 Å². The van der Waals surface area contributed by atoms with Gasteiger partial charge in [0, 0.05) is 25.3 Å². The second-order valence-corrected chi connectivity index (χ2v) is 6.22. The molecule has 2 N–H and O–H groups in total. The summed E-state index contributed by atoms with van der Waals surface area (Å²) in [5.74, 6) is 0.642. The van der Waals surface area contributed by atoms with Gasteiger partial charge in [0.2, 0.25) is 0 Å². The molecule has 132 valence electrons. The molecule has 25 heavy (non-hydrogen) atoms. The first kappa shape index (κ1) is 17.1. The second-order valence-electron chi connectivity index (χ2n) is 6.22. The molecule has 1 saturated heterocycles. The van der Waals surface area contributed by atoms with Crippen LogP contribution in [0.4, 0.5) is 16.2 Å². The zero-order chi connectivity index (χ0) is 17.5. The number of nitrogens with one attached hydrogen (secondary N) is 2. The fraction of sp³-hybridized carbons (Fsp3) is 0.350. The normalized spacial score (nSPS) is 14.0. The average molecular weight is 339 g/mol. The van der Waals surface area contributed by atoms with Crippen LogP contribution in [0.25, 0.3) is 0 Å². The SMILES string of the molecule is COc1ccccc1NC(=O)NCc1ccc(N2CCCCC2)cc1. The van der Waals surface area contributed by atoms with Crippen molar-refractivity contribution in [2.24, 2.45) is 0 Å². The summed E-state index contributed by atoms with van der Waals surface area (Å²) < 4.78 is 5.23. The van der Waals surface area contributed by atoms with E-state index in [0.717, 1.165) is 18.7 Å². The molecule has 0 saturated carbocycles. The molecule has 3 rings (SSSR count). The molecule has 0 bridgehead atoms. The summed E-state index contributed by atoms with van der Waals surface area (Å²) in [6, 6.07) is 15.5. The number of piperidine rings is 1. The van der Waals surface area contributed by atoms with Gasteiger partial charge < -0.3 is 20.3 Å². The molecule has 0 atom stereocenters. The molecule has 5 heteroatoms. The fourth-order valence-corrected chi connectivity index (χ4v) is 3.07. The van der Waals surface area contributed by atoms with Gasteiger partial charge in [-0.15, -0.1) is 0 Å². The number of rotatable bonds is 5. The molecule has 0 unspecified atom stereocenters. The van der Waals surface area contributed by atoms with Gasteiger partial charge in [0.25, 0.3) is 0 Å². The molecule has 1 aliphatic heterocycles. The first-order valence-electron chi connectivity index (χ1n) is 8.78. The molecule has 2 aromatic carbocycles. The van der Waals surface area contributed by atoms with Crippen LogP contribution in [0.1, 0.15) is 24.8 Å². The van der Waals surface area contributed by atoms with Crippen molar-refractivity contribution in [3.05, 3.63) is 54.1 Å². The van der Waals surface area contributed by atoms with Gasteiger partial charge >= 0.3 is 6.03 Å². The number of carbonyl (C=O) groups is 1. The molecule has 0 aromatic heterocycles. The number of benzene rings is 2. The van der Waals surface area contributed by atoms with Crippen LogP contribution in [0.2, 0.25) is 0 Å². The van der Waals surface area contributed by atoms with Gasteiger partial charge in [0.05, 0.1) is 12.8 Å². The lowest BCUT2D eigenvalue weighted by Gasteiger charge is -2.28. The minimum Gasteiger partial charge on any atom is -0.495 e. The number of methoxy groups -OCH3 is 1. The lowest BCUT2D eigenvalue weighted by molar-refractivity contribution is 0.251. The third kappa shape index (κ3) is 4.66. The number of para-hydroxylation sites is 2. The van der Waals surface area contributed by atoms with Crippen LogP contribution in [0.5, 0.6) is 5.75 Å². The van der Waals surface area contributed by atoms with Crippen LogP contribution >= 0.6 is 0 Å². The molecular weight excluding hydrogens is 314 g/mol. The van der Waals surface area contributed by atoms with E-state index in [2.05, 4.69) is 39.8 Å². The van der Waals surface area contributed by atoms with Crippen LogP contribution in [0.15, 0.2) is 48.5 Å². The molecular formula is C20H25N3O2. The number of hydrogen-bond donors (Lipinski definition) is 2. The zero-order valence-electron chi connectivity index (χ0n) is 14.6. The van der Waals surface area contributed by atoms with Gasteiger partial charge in [-0.05, 0) is 49.1 Å². The number of nitrogens with zero attached hydrogens (tertiary/aromatic N) is 1. The van der Waals surface area contributed by atoms with Crippen LogP contribution < -0.4 is 20.3 Å². The highest BCUT2D eigenvalue weighted by Crippen LogP contribution is 2.23. The maximum absolute atomic E-state index is 12.1. The quantitative estimate of drug-likeness (QED) is 0.865. The van der Waals surface area contributed by atoms with E-state index >= 15 is 0 Å². The van der Waals surface area contributed by atoms with Crippen molar-refractivity contribution in [2.45, 2.75) is 25.8 Å². The van der Waals surface area contributed by atoms with E-state index < -0.39 is 0 Å². The molecule has 5 nitrogen and oxygen atoms in total. The van der Waals surface area contributed by atoms with Gasteiger partial charge in [-0.2, -0.15) is 0 Å². The largest absolute Gasteiger partial charge is 0.495 e. The molecule has 2 amide bonds. The smallest absolute Gasteiger partial charge is 0.319 e. The van der Waals surface area contributed by atoms with E-state index in [1.807, 2.05) is 24.3 Å². The Morgan fingerprint density at radius 3 is 2.48 bits per heavy atom. The van der Waals surface area contributed by atoms with E-state index in [1.165, 1.54) is 24.9 Å². The molecule has 0 aliphatic carbocycles. The fourth-order valence-electron chi connectivity index (χ4n) is 3.07. The maximum atomic E-state index is 12.1. The van der Waals surface area contributed by atoms with Gasteiger partial charge in [-0.25, -0.2) is 4.79 Å². The number of hydrogen-bond acceptors (Lipinski definition) is 3. The monoisotopic (exact) mass is 339 g/mol. The number of amides is 2. The summed E-state index contributed by atoms with van der Waals surface area (Å²) in [5.41, 5.74) is 3.00. The number of ether oxygens (including phenoxy) is 1. The summed E-state index contributed by atoms with van der Waals surface area (Å²) in [5, 5.41) is 5.69. The Labute approximate surface area is 149 Å². The summed E-state index contributed by atoms with van der Waals surface area (Å²) in [6.07, 6.45) is 3.87. The first-order chi connectivity index (χ1) is 12.3. The Morgan fingerprint density at radius 2 is 1.76 bits per heavy atom. The highest BCUT2D eigenvalue weighted by Gasteiger charge is 2.11. The summed E-state index contributed by atoms with van der Waals surface area (Å²) in [6.45, 7) is 2.76. The Balaban J connectivity index is 1.51. The maximum Gasteiger partial charge on any atom is 0.319 e. The number of anilines is 2. The highest BCUT2D eigenvalue weighted by atomic mass is 16.5. The van der Waals surface area contributed by atoms with Gasteiger partial charge in [0.15, 0.2) is 0 Å². The number of carbonyl (C=O) groups excluding carboxylic acids is 1. The van der Waals surface area contributed by atoms with E-state index in [-0.39, 0.29) is 6.03 Å². The zero-order valence-corrected chi connectivity index (χ0v) is 14.6. The minimum atomic E-state index is -0.246. The lowest BCUT2D eigenvalue weighted by Crippen LogP contribution is -2.29. The minimum absolute atomic E-state index is 0.246. The standard InChI is InChI=1S/C20H25N3O2/c1-25-19-8-4-3-7-18(19)22-20(24)21-15-16-9-11-17(12-10-16)23-13-5-2-6-14-23/h3-4,7-12H,2,5-6,13-15H2,1H3,(H2,21,22,24). The molecule has 1 heterocycles. The lowest BCUT2D eigenvalue weighted by atomic mass is 10.1. The summed E-state index contributed by atoms with van der Waals surface area (Å²) in [4.78, 5) is 14.5. The molecule has 0 radical (unpaired) electrons. The third-order valence-corrected chi connectivity index (χ3v) is 4.47. The molecule has 0 spiro atoms. The predicted octanol–water partition coefficient (Wildman–Crippen LogP) is 4.01. The van der Waals surface area contributed by atoms with Crippen LogP contribution in [0.3, 0.4) is 0 Å². The third-order valence-electron chi connectivity index (χ3n) is 4.47. The van der Waals surface area contributed by atoms with Crippen molar-refractivity contribution in [1.29, 1.82) is 0 Å². The van der Waals surface area contributed by atoms with Gasteiger partial charge in [0.1, 0.15) is 5.75 Å². The average Bonchev–Trinajstić information content (AvgIpc) is 2.68. The highest BCUT2D eigenvalue weighted by molar-refractivity contribution is 5.90. The van der Waals surface area contributed by atoms with E-state index in [0.29, 0.717) is 18.0 Å². The topological polar surface area (TPSA) is 53.6 Å². The van der Waals surface area contributed by atoms with E-state index in [9.17, 15) is 4.79 Å². The Kier molecular flexibility index (Phi) is 5.77. The Morgan fingerprint density at radius 1 is 1.04 bits per heavy atom. The first-order valence-corrected chi connectivity index (χ1v) is 8.78. The van der Waals surface area contributed by atoms with Crippen molar-refractivity contribution in [3.8, 4) is 5.75 Å². The van der Waals surface area contributed by atoms with Crippen LogP contribution in [-0.2, 0) is 6.54 Å². The van der Waals surface area contributed by atoms with Crippen molar-refractivity contribution < 1.29 is 9.53 Å². The van der Waals surface area contributed by atoms with E-state index in [4.69, 9.17) is 4.74 Å². The molecule has 1 aliphatic rings. The Bertz CT molecular complexity index is 694. The van der Waals surface area contributed by atoms with Crippen LogP contribution in [-0.4, -0.2) is 26.2 Å². The molecule has 2 aromatic rings. The molecule has 1 fully saturated rings. The van der Waals surface area contributed by atoms with Crippen molar-refractivity contribution >= 4 is 17.4 Å². The number of urea groups is 1. The van der Waals surface area contributed by atoms with Gasteiger partial charge in [-0.3, -0.25) is 0 Å². The second kappa shape index (κ2) is 8.42. The van der Waals surface area contributed by atoms with Crippen molar-refractivity contribution in [1.82, 2.24) is 5.32 Å².